The van der Waals surface area contributed by atoms with Gasteiger partial charge in [-0.15, -0.1) is 5.10 Å². The van der Waals surface area contributed by atoms with Crippen molar-refractivity contribution in [1.29, 1.82) is 0 Å². The summed E-state index contributed by atoms with van der Waals surface area (Å²) in [6, 6.07) is 10.3. The second kappa shape index (κ2) is 6.24. The third kappa shape index (κ3) is 3.72. The fraction of sp³-hybridized carbons (Fsp3) is 0.357. The van der Waals surface area contributed by atoms with E-state index in [0.29, 0.717) is 12.5 Å². The van der Waals surface area contributed by atoms with Gasteiger partial charge in [0, 0.05) is 12.6 Å². The molecule has 0 bridgehead atoms. The molecule has 0 saturated heterocycles. The Morgan fingerprint density at radius 3 is 2.47 bits per heavy atom. The first-order chi connectivity index (χ1) is 9.19. The number of rotatable bonds is 5. The van der Waals surface area contributed by atoms with Crippen LogP contribution in [0.2, 0.25) is 0 Å². The molecule has 5 heteroatoms. The number of hydrogen-bond acceptors (Lipinski definition) is 5. The predicted molar refractivity (Wildman–Crippen MR) is 75.9 cm³/mol. The maximum Gasteiger partial charge on any atom is 0.243 e. The maximum atomic E-state index is 5.80. The van der Waals surface area contributed by atoms with Gasteiger partial charge in [0.25, 0.3) is 0 Å². The van der Waals surface area contributed by atoms with Gasteiger partial charge in [0.2, 0.25) is 5.95 Å². The number of aryl methyl sites for hydroxylation is 2. The van der Waals surface area contributed by atoms with E-state index < -0.39 is 0 Å². The molecule has 0 fully saturated rings. The van der Waals surface area contributed by atoms with Crippen LogP contribution in [0.15, 0.2) is 30.3 Å². The number of hydrogen-bond donors (Lipinski definition) is 2. The molecule has 2 rings (SSSR count). The first-order valence-corrected chi connectivity index (χ1v) is 6.37. The SMILES string of the molecule is Cc1nnc(NC(CN)Cc2ccccc2)nc1C. The Kier molecular flexibility index (Phi) is 4.41. The lowest BCUT2D eigenvalue weighted by atomic mass is 10.1. The van der Waals surface area contributed by atoms with Gasteiger partial charge in [-0.25, -0.2) is 4.98 Å². The van der Waals surface area contributed by atoms with Gasteiger partial charge < -0.3 is 11.1 Å². The lowest BCUT2D eigenvalue weighted by Crippen LogP contribution is -2.32. The summed E-state index contributed by atoms with van der Waals surface area (Å²) in [6.07, 6.45) is 0.841. The fourth-order valence-electron chi connectivity index (χ4n) is 1.79. The number of anilines is 1. The first kappa shape index (κ1) is 13.4. The van der Waals surface area contributed by atoms with Crippen LogP contribution >= 0.6 is 0 Å². The third-order valence-corrected chi connectivity index (χ3v) is 3.03. The summed E-state index contributed by atoms with van der Waals surface area (Å²) in [4.78, 5) is 4.36. The topological polar surface area (TPSA) is 76.7 Å². The van der Waals surface area contributed by atoms with E-state index >= 15 is 0 Å². The van der Waals surface area contributed by atoms with Gasteiger partial charge in [0.05, 0.1) is 11.4 Å². The van der Waals surface area contributed by atoms with Crippen LogP contribution in [-0.2, 0) is 6.42 Å². The number of aromatic nitrogens is 3. The van der Waals surface area contributed by atoms with Gasteiger partial charge in [0.1, 0.15) is 0 Å². The highest BCUT2D eigenvalue weighted by Crippen LogP contribution is 2.08. The minimum atomic E-state index is 0.103. The molecule has 1 aromatic heterocycles. The molecule has 1 heterocycles. The summed E-state index contributed by atoms with van der Waals surface area (Å²) in [7, 11) is 0. The lowest BCUT2D eigenvalue weighted by molar-refractivity contribution is 0.707. The Morgan fingerprint density at radius 1 is 1.11 bits per heavy atom. The zero-order valence-corrected chi connectivity index (χ0v) is 11.3. The van der Waals surface area contributed by atoms with Gasteiger partial charge in [0.15, 0.2) is 0 Å². The van der Waals surface area contributed by atoms with Crippen LogP contribution in [-0.4, -0.2) is 27.8 Å². The molecular weight excluding hydrogens is 238 g/mol. The molecule has 0 saturated carbocycles. The highest BCUT2D eigenvalue weighted by atomic mass is 15.2. The molecule has 19 heavy (non-hydrogen) atoms. The summed E-state index contributed by atoms with van der Waals surface area (Å²) in [5.41, 5.74) is 8.76. The van der Waals surface area contributed by atoms with Crippen molar-refractivity contribution < 1.29 is 0 Å². The van der Waals surface area contributed by atoms with Crippen molar-refractivity contribution in [3.8, 4) is 0 Å². The van der Waals surface area contributed by atoms with Crippen molar-refractivity contribution >= 4 is 5.95 Å². The summed E-state index contributed by atoms with van der Waals surface area (Å²) < 4.78 is 0. The highest BCUT2D eigenvalue weighted by molar-refractivity contribution is 5.28. The van der Waals surface area contributed by atoms with Gasteiger partial charge in [-0.05, 0) is 25.8 Å². The van der Waals surface area contributed by atoms with Crippen LogP contribution in [0.25, 0.3) is 0 Å². The molecular formula is C14H19N5. The Morgan fingerprint density at radius 2 is 1.84 bits per heavy atom. The molecule has 1 unspecified atom stereocenters. The Hall–Kier alpha value is -2.01. The number of nitrogens with two attached hydrogens (primary N) is 1. The Bertz CT molecular complexity index is 527. The second-order valence-electron chi connectivity index (χ2n) is 4.57. The molecule has 0 aliphatic rings. The molecule has 1 aromatic carbocycles. The summed E-state index contributed by atoms with van der Waals surface area (Å²) in [5.74, 6) is 0.537. The average molecular weight is 257 g/mol. The van der Waals surface area contributed by atoms with E-state index in [1.807, 2.05) is 32.0 Å². The van der Waals surface area contributed by atoms with E-state index in [0.717, 1.165) is 17.8 Å². The molecule has 0 radical (unpaired) electrons. The molecule has 0 amide bonds. The standard InChI is InChI=1S/C14H19N5/c1-10-11(2)18-19-14(16-10)17-13(9-15)8-12-6-4-3-5-7-12/h3-7,13H,8-9,15H2,1-2H3,(H,16,17,19). The summed E-state index contributed by atoms with van der Waals surface area (Å²) in [5, 5.41) is 11.3. The van der Waals surface area contributed by atoms with Gasteiger partial charge in [-0.2, -0.15) is 5.10 Å². The third-order valence-electron chi connectivity index (χ3n) is 3.03. The summed E-state index contributed by atoms with van der Waals surface area (Å²) >= 11 is 0. The van der Waals surface area contributed by atoms with E-state index in [9.17, 15) is 0 Å². The number of nitrogens with zero attached hydrogens (tertiary/aromatic N) is 3. The van der Waals surface area contributed by atoms with Crippen LogP contribution in [0.1, 0.15) is 17.0 Å². The largest absolute Gasteiger partial charge is 0.349 e. The minimum Gasteiger partial charge on any atom is -0.349 e. The van der Waals surface area contributed by atoms with E-state index in [4.69, 9.17) is 5.73 Å². The van der Waals surface area contributed by atoms with Crippen molar-refractivity contribution in [2.75, 3.05) is 11.9 Å². The van der Waals surface area contributed by atoms with Gasteiger partial charge >= 0.3 is 0 Å². The molecule has 0 aliphatic carbocycles. The number of benzene rings is 1. The van der Waals surface area contributed by atoms with Crippen molar-refractivity contribution in [3.63, 3.8) is 0 Å². The van der Waals surface area contributed by atoms with Gasteiger partial charge in [-0.3, -0.25) is 0 Å². The zero-order valence-electron chi connectivity index (χ0n) is 11.3. The van der Waals surface area contributed by atoms with Crippen molar-refractivity contribution in [2.24, 2.45) is 5.73 Å². The Balaban J connectivity index is 2.04. The Labute approximate surface area is 113 Å². The van der Waals surface area contributed by atoms with Crippen LogP contribution in [0.4, 0.5) is 5.95 Å². The lowest BCUT2D eigenvalue weighted by Gasteiger charge is -2.16. The minimum absolute atomic E-state index is 0.103. The van der Waals surface area contributed by atoms with E-state index in [2.05, 4.69) is 32.6 Å². The molecule has 0 aliphatic heterocycles. The molecule has 1 atom stereocenters. The number of nitrogens with one attached hydrogen (secondary N) is 1. The van der Waals surface area contributed by atoms with Crippen LogP contribution in [0.3, 0.4) is 0 Å². The molecule has 5 nitrogen and oxygen atoms in total. The molecule has 0 spiro atoms. The quantitative estimate of drug-likeness (QED) is 0.848. The fourth-order valence-corrected chi connectivity index (χ4v) is 1.79. The van der Waals surface area contributed by atoms with E-state index in [1.165, 1.54) is 5.56 Å². The molecule has 3 N–H and O–H groups in total. The van der Waals surface area contributed by atoms with Gasteiger partial charge in [-0.1, -0.05) is 30.3 Å². The predicted octanol–water partition coefficient (Wildman–Crippen LogP) is 1.47. The van der Waals surface area contributed by atoms with E-state index in [1.54, 1.807) is 0 Å². The zero-order chi connectivity index (χ0) is 13.7. The smallest absolute Gasteiger partial charge is 0.243 e. The average Bonchev–Trinajstić information content (AvgIpc) is 2.43. The van der Waals surface area contributed by atoms with Crippen molar-refractivity contribution in [3.05, 3.63) is 47.3 Å². The normalized spacial score (nSPS) is 12.2. The van der Waals surface area contributed by atoms with Crippen LogP contribution in [0.5, 0.6) is 0 Å². The maximum absolute atomic E-state index is 5.80. The highest BCUT2D eigenvalue weighted by Gasteiger charge is 2.10. The first-order valence-electron chi connectivity index (χ1n) is 6.37. The van der Waals surface area contributed by atoms with Crippen LogP contribution in [0, 0.1) is 13.8 Å². The molecule has 100 valence electrons. The van der Waals surface area contributed by atoms with Crippen molar-refractivity contribution in [2.45, 2.75) is 26.3 Å². The summed E-state index contributed by atoms with van der Waals surface area (Å²) in [6.45, 7) is 4.33. The van der Waals surface area contributed by atoms with E-state index in [-0.39, 0.29) is 6.04 Å². The van der Waals surface area contributed by atoms with Crippen molar-refractivity contribution in [1.82, 2.24) is 15.2 Å². The molecule has 2 aromatic rings. The monoisotopic (exact) mass is 257 g/mol. The second-order valence-corrected chi connectivity index (χ2v) is 4.57. The van der Waals surface area contributed by atoms with Crippen LogP contribution < -0.4 is 11.1 Å².